The highest BCUT2D eigenvalue weighted by atomic mass is 79.9. The SMILES string of the molecule is COCOc1c(B2OC(C)(C)C(C)(C)O2)cc(C(C)(C)CC(C)(C)C)cc1-c1c2ccccc2cc2ccccc12.C[C@H](C[C@H](C)Oc1ccc(F)cc1-c1cc(C(C)(C)CC(C)(C)C)cc(-c2c3ccccc3cc3ccccc23)c1O)Oc1ccc(F)cc1-c1cc(C(C)(C)CC(C)(C)C)cc(-c2c3ccccc3cc3ccccc23)c1O.C[C@H](C[C@H](C)Oc1ccc(F)cc1Br)Oc1ccc(F)cc1Br. The van der Waals surface area contributed by atoms with E-state index in [1.807, 2.05) is 88.4 Å². The molecule has 17 heteroatoms. The molecule has 16 aromatic carbocycles. The first-order valence-electron chi connectivity index (χ1n) is 49.6. The number of rotatable bonds is 27. The zero-order valence-corrected chi connectivity index (χ0v) is 90.2. The van der Waals surface area contributed by atoms with Gasteiger partial charge in [-0.2, -0.15) is 0 Å². The zero-order chi connectivity index (χ0) is 103. The van der Waals surface area contributed by atoms with Crippen molar-refractivity contribution in [3.8, 4) is 95.9 Å². The third-order valence-corrected chi connectivity index (χ3v) is 28.7. The van der Waals surface area contributed by atoms with Crippen LogP contribution in [0.2, 0.25) is 0 Å². The summed E-state index contributed by atoms with van der Waals surface area (Å²) in [6.07, 6.45) is 2.48. The van der Waals surface area contributed by atoms with Crippen molar-refractivity contribution in [2.75, 3.05) is 13.9 Å². The molecular weight excluding hydrogens is 1920 g/mol. The van der Waals surface area contributed by atoms with Crippen LogP contribution in [-0.2, 0) is 30.3 Å². The Balaban J connectivity index is 0.000000198. The fourth-order valence-electron chi connectivity index (χ4n) is 21.5. The Kier molecular flexibility index (Phi) is 31.1. The Bertz CT molecular complexity index is 6900. The van der Waals surface area contributed by atoms with Gasteiger partial charge >= 0.3 is 7.12 Å². The van der Waals surface area contributed by atoms with Crippen LogP contribution in [0.4, 0.5) is 17.6 Å². The van der Waals surface area contributed by atoms with E-state index < -0.39 is 42.2 Å². The number of phenolic OH excluding ortho intramolecular Hbond substituents is 2. The van der Waals surface area contributed by atoms with Gasteiger partial charge < -0.3 is 47.9 Å². The summed E-state index contributed by atoms with van der Waals surface area (Å²) < 4.78 is 109. The van der Waals surface area contributed by atoms with Crippen LogP contribution >= 0.6 is 31.9 Å². The van der Waals surface area contributed by atoms with E-state index in [0.717, 1.165) is 107 Å². The third kappa shape index (κ3) is 24.3. The maximum atomic E-state index is 15.8. The molecule has 4 atom stereocenters. The molecule has 0 spiro atoms. The predicted octanol–water partition coefficient (Wildman–Crippen LogP) is 35.5. The van der Waals surface area contributed by atoms with Crippen LogP contribution in [0, 0.1) is 39.5 Å². The number of hydrogen-bond acceptors (Lipinski definition) is 10. The van der Waals surface area contributed by atoms with E-state index in [1.54, 1.807) is 31.4 Å². The molecule has 0 radical (unpaired) electrons. The summed E-state index contributed by atoms with van der Waals surface area (Å²) >= 11 is 6.55. The van der Waals surface area contributed by atoms with Crippen molar-refractivity contribution in [3.63, 3.8) is 0 Å². The van der Waals surface area contributed by atoms with Gasteiger partial charge in [-0.25, -0.2) is 17.6 Å². The summed E-state index contributed by atoms with van der Waals surface area (Å²) in [6.45, 7) is 50.1. The fraction of sp³-hybridized carbons (Fsp3) is 0.333. The molecule has 16 aromatic rings. The molecule has 0 aliphatic carbocycles. The lowest BCUT2D eigenvalue weighted by Gasteiger charge is -2.34. The van der Waals surface area contributed by atoms with Gasteiger partial charge in [0.25, 0.3) is 0 Å². The van der Waals surface area contributed by atoms with Crippen molar-refractivity contribution in [3.05, 3.63) is 322 Å². The van der Waals surface area contributed by atoms with E-state index in [-0.39, 0.29) is 74.6 Å². The molecule has 0 amide bonds. The Morgan fingerprint density at radius 2 is 0.580 bits per heavy atom. The minimum absolute atomic E-state index is 0.0208. The van der Waals surface area contributed by atoms with Crippen LogP contribution in [0.1, 0.15) is 208 Å². The predicted molar refractivity (Wildman–Crippen MR) is 592 cm³/mol. The molecule has 1 heterocycles. The Morgan fingerprint density at radius 1 is 0.322 bits per heavy atom. The van der Waals surface area contributed by atoms with Gasteiger partial charge in [0.2, 0.25) is 0 Å². The molecule has 0 unspecified atom stereocenters. The number of methoxy groups -OCH3 is 1. The van der Waals surface area contributed by atoms with Gasteiger partial charge in [0.15, 0.2) is 6.79 Å². The molecule has 1 saturated heterocycles. The highest BCUT2D eigenvalue weighted by Gasteiger charge is 2.53. The number of phenols is 2. The van der Waals surface area contributed by atoms with E-state index >= 15 is 8.78 Å². The average Bonchev–Trinajstić information content (AvgIpc) is 1.68. The number of aromatic hydroxyl groups is 2. The first-order chi connectivity index (χ1) is 67.3. The number of ether oxygens (including phenoxy) is 6. The molecule has 1 aliphatic heterocycles. The van der Waals surface area contributed by atoms with Crippen LogP contribution in [0.25, 0.3) is 120 Å². The van der Waals surface area contributed by atoms with E-state index in [1.165, 1.54) is 75.6 Å². The standard InChI is InChI=1S/C73H74F2O4.C36H45BO4.C17H16Br2F2O2/c1-44(78-64-31-29-52(74)40-58(64)60-36-50(72(9,10)42-70(3,4)5)38-62(68(60)76)66-54-25-17-13-21-46(54)34-47-22-14-18-26-55(47)66)33-45(2)79-65-32-30-53(75)41-59(65)61-37-51(73(11,12)43-71(6,7)8)39-63(69(61)77)67-56-27-19-15-23-48(56)35-49-24-16-20-28-57(49)67;1-33(2,3)22-34(4,5)26-20-29(31-27-17-13-11-15-24(27)19-25-16-12-14-18-28(25)31)32(39-23-38-10)30(21-26)37-40-35(6,7)36(8,9)41-37;1-10(22-16-5-3-12(20)8-14(16)18)7-11(2)23-17-6-4-13(21)9-15(17)19/h13-32,34-41,44-45,76-77H,33,42-43H2,1-12H3;11-21H,22-23H2,1-10H3;3-6,8-11H,7H2,1-2H3/t44-,45+;;10-,11+. The largest absolute Gasteiger partial charge is 0.507 e. The molecule has 1 fully saturated rings. The van der Waals surface area contributed by atoms with Gasteiger partial charge in [-0.1, -0.05) is 256 Å². The molecule has 17 rings (SSSR count). The first-order valence-corrected chi connectivity index (χ1v) is 51.2. The summed E-state index contributed by atoms with van der Waals surface area (Å²) in [5.74, 6) is 1.21. The van der Waals surface area contributed by atoms with Crippen molar-refractivity contribution in [2.24, 2.45) is 16.2 Å². The van der Waals surface area contributed by atoms with E-state index in [2.05, 4.69) is 303 Å². The minimum atomic E-state index is -0.586. The molecule has 143 heavy (non-hydrogen) atoms. The number of hydrogen-bond donors (Lipinski definition) is 2. The van der Waals surface area contributed by atoms with Crippen LogP contribution in [0.15, 0.2) is 282 Å². The number of halogens is 6. The van der Waals surface area contributed by atoms with Crippen LogP contribution < -0.4 is 29.1 Å². The van der Waals surface area contributed by atoms with Crippen molar-refractivity contribution >= 4 is 109 Å². The maximum absolute atomic E-state index is 15.8. The summed E-state index contributed by atoms with van der Waals surface area (Å²) in [5.41, 5.74) is 9.56. The average molecular weight is 2060 g/mol. The summed E-state index contributed by atoms with van der Waals surface area (Å²) in [7, 11) is 1.07. The minimum Gasteiger partial charge on any atom is -0.507 e. The van der Waals surface area contributed by atoms with E-state index in [4.69, 9.17) is 37.7 Å². The zero-order valence-electron chi connectivity index (χ0n) is 87.0. The van der Waals surface area contributed by atoms with Crippen LogP contribution in [-0.4, -0.2) is 66.9 Å². The monoisotopic (exact) mass is 2050 g/mol. The molecule has 0 saturated carbocycles. The lowest BCUT2D eigenvalue weighted by molar-refractivity contribution is 0.00578. The number of fused-ring (bicyclic) bond motifs is 6. The molecule has 2 N–H and O–H groups in total. The molecule has 10 nitrogen and oxygen atoms in total. The molecule has 744 valence electrons. The molecular formula is C126H135BBr2F4O10. The lowest BCUT2D eigenvalue weighted by Crippen LogP contribution is -2.41. The van der Waals surface area contributed by atoms with Gasteiger partial charge in [-0.3, -0.25) is 0 Å². The van der Waals surface area contributed by atoms with Gasteiger partial charge in [0.1, 0.15) is 63.5 Å². The van der Waals surface area contributed by atoms with Crippen LogP contribution in [0.3, 0.4) is 0 Å². The quantitative estimate of drug-likeness (QED) is 0.0223. The van der Waals surface area contributed by atoms with Crippen molar-refractivity contribution in [2.45, 2.75) is 243 Å². The Labute approximate surface area is 859 Å². The maximum Gasteiger partial charge on any atom is 0.498 e. The second-order valence-corrected chi connectivity index (χ2v) is 47.2. The highest BCUT2D eigenvalue weighted by Crippen LogP contribution is 2.55. The Hall–Kier alpha value is -11.7. The van der Waals surface area contributed by atoms with E-state index in [9.17, 15) is 19.0 Å². The summed E-state index contributed by atoms with van der Waals surface area (Å²) in [4.78, 5) is 0. The van der Waals surface area contributed by atoms with Gasteiger partial charge in [-0.05, 0) is 342 Å². The smallest absolute Gasteiger partial charge is 0.498 e. The fourth-order valence-corrected chi connectivity index (χ4v) is 22.3. The van der Waals surface area contributed by atoms with Crippen LogP contribution in [0.5, 0.6) is 40.2 Å². The van der Waals surface area contributed by atoms with E-state index in [0.29, 0.717) is 78.2 Å². The van der Waals surface area contributed by atoms with Gasteiger partial charge in [0.05, 0.1) is 44.6 Å². The molecule has 1 aliphatic rings. The highest BCUT2D eigenvalue weighted by molar-refractivity contribution is 9.11. The summed E-state index contributed by atoms with van der Waals surface area (Å²) in [6, 6.07) is 87.2. The second kappa shape index (κ2) is 42.2. The van der Waals surface area contributed by atoms with Gasteiger partial charge in [-0.15, -0.1) is 0 Å². The Morgan fingerprint density at radius 3 is 0.874 bits per heavy atom. The van der Waals surface area contributed by atoms with Crippen molar-refractivity contribution in [1.82, 2.24) is 0 Å². The number of benzene rings is 16. The summed E-state index contributed by atoms with van der Waals surface area (Å²) in [5, 5.41) is 38.5. The molecule has 0 aromatic heterocycles. The molecule has 0 bridgehead atoms. The second-order valence-electron chi connectivity index (χ2n) is 45.5. The lowest BCUT2D eigenvalue weighted by atomic mass is 9.68. The normalized spacial score (nSPS) is 14.4. The van der Waals surface area contributed by atoms with Gasteiger partial charge in [0, 0.05) is 81.0 Å². The third-order valence-electron chi connectivity index (χ3n) is 27.4. The van der Waals surface area contributed by atoms with Crippen molar-refractivity contribution < 1.29 is 65.5 Å². The van der Waals surface area contributed by atoms with Crippen molar-refractivity contribution in [1.29, 1.82) is 0 Å². The topological polar surface area (TPSA) is 114 Å². The first kappa shape index (κ1) is 106.